The zero-order chi connectivity index (χ0) is 19.4. The largest absolute Gasteiger partial charge is 0.376 e. The molecule has 0 aromatic heterocycles. The SMILES string of the molecule is Cc1ccc(S(=O)(=O)Nc2cccc(C(=O)NC[C@H]3CCCO3)c2)cc1F. The summed E-state index contributed by atoms with van der Waals surface area (Å²) in [7, 11) is -3.96. The molecular formula is C19H21FN2O4S. The van der Waals surface area contributed by atoms with Crippen molar-refractivity contribution in [2.24, 2.45) is 0 Å². The number of nitrogens with one attached hydrogen (secondary N) is 2. The predicted molar refractivity (Wildman–Crippen MR) is 99.7 cm³/mol. The van der Waals surface area contributed by atoms with E-state index in [0.29, 0.717) is 24.3 Å². The third kappa shape index (κ3) is 4.84. The van der Waals surface area contributed by atoms with Crippen LogP contribution in [0, 0.1) is 12.7 Å². The summed E-state index contributed by atoms with van der Waals surface area (Å²) in [6, 6.07) is 9.84. The molecule has 0 bridgehead atoms. The summed E-state index contributed by atoms with van der Waals surface area (Å²) in [5, 5.41) is 2.79. The fraction of sp³-hybridized carbons (Fsp3) is 0.316. The molecule has 0 saturated carbocycles. The van der Waals surface area contributed by atoms with Gasteiger partial charge in [0.1, 0.15) is 5.82 Å². The normalized spacial score (nSPS) is 16.9. The molecule has 0 aliphatic carbocycles. The molecular weight excluding hydrogens is 371 g/mol. The first-order chi connectivity index (χ1) is 12.8. The van der Waals surface area contributed by atoms with Crippen LogP contribution < -0.4 is 10.0 Å². The van der Waals surface area contributed by atoms with Crippen LogP contribution in [0.25, 0.3) is 0 Å². The van der Waals surface area contributed by atoms with Gasteiger partial charge in [0, 0.05) is 24.4 Å². The molecule has 2 aromatic carbocycles. The van der Waals surface area contributed by atoms with Gasteiger partial charge in [0.25, 0.3) is 15.9 Å². The van der Waals surface area contributed by atoms with Crippen molar-refractivity contribution in [1.29, 1.82) is 0 Å². The average Bonchev–Trinajstić information content (AvgIpc) is 3.15. The molecule has 1 amide bonds. The molecule has 0 radical (unpaired) electrons. The Morgan fingerprint density at radius 1 is 1.26 bits per heavy atom. The Labute approximate surface area is 157 Å². The van der Waals surface area contributed by atoms with Crippen molar-refractivity contribution in [3.8, 4) is 0 Å². The molecule has 3 rings (SSSR count). The van der Waals surface area contributed by atoms with Crippen molar-refractivity contribution in [2.75, 3.05) is 17.9 Å². The number of anilines is 1. The van der Waals surface area contributed by atoms with Gasteiger partial charge in [0.05, 0.1) is 11.0 Å². The van der Waals surface area contributed by atoms with Gasteiger partial charge in [-0.05, 0) is 55.7 Å². The number of rotatable bonds is 6. The molecule has 0 unspecified atom stereocenters. The number of aryl methyl sites for hydroxylation is 1. The fourth-order valence-electron chi connectivity index (χ4n) is 2.79. The number of sulfonamides is 1. The maximum atomic E-state index is 13.7. The predicted octanol–water partition coefficient (Wildman–Crippen LogP) is 2.84. The Kier molecular flexibility index (Phi) is 5.76. The quantitative estimate of drug-likeness (QED) is 0.792. The highest BCUT2D eigenvalue weighted by atomic mass is 32.2. The third-order valence-electron chi connectivity index (χ3n) is 4.34. The number of benzene rings is 2. The van der Waals surface area contributed by atoms with Crippen molar-refractivity contribution in [1.82, 2.24) is 5.32 Å². The molecule has 1 atom stereocenters. The van der Waals surface area contributed by atoms with Gasteiger partial charge in [-0.25, -0.2) is 12.8 Å². The number of hydrogen-bond acceptors (Lipinski definition) is 4. The lowest BCUT2D eigenvalue weighted by atomic mass is 10.2. The van der Waals surface area contributed by atoms with Crippen LogP contribution in [0.4, 0.5) is 10.1 Å². The van der Waals surface area contributed by atoms with Crippen LogP contribution in [-0.2, 0) is 14.8 Å². The van der Waals surface area contributed by atoms with Crippen LogP contribution in [0.3, 0.4) is 0 Å². The lowest BCUT2D eigenvalue weighted by Crippen LogP contribution is -2.31. The van der Waals surface area contributed by atoms with Crippen LogP contribution in [0.5, 0.6) is 0 Å². The maximum absolute atomic E-state index is 13.7. The van der Waals surface area contributed by atoms with Gasteiger partial charge < -0.3 is 10.1 Å². The number of carbonyl (C=O) groups is 1. The minimum absolute atomic E-state index is 0.0204. The number of ether oxygens (including phenoxy) is 1. The Hall–Kier alpha value is -2.45. The van der Waals surface area contributed by atoms with E-state index in [4.69, 9.17) is 4.74 Å². The first-order valence-corrected chi connectivity index (χ1v) is 10.1. The zero-order valence-corrected chi connectivity index (χ0v) is 15.7. The Balaban J connectivity index is 1.70. The fourth-order valence-corrected chi connectivity index (χ4v) is 3.85. The van der Waals surface area contributed by atoms with E-state index in [-0.39, 0.29) is 22.6 Å². The molecule has 144 valence electrons. The molecule has 1 fully saturated rings. The second kappa shape index (κ2) is 8.06. The van der Waals surface area contributed by atoms with Crippen LogP contribution in [0.2, 0.25) is 0 Å². The van der Waals surface area contributed by atoms with Crippen LogP contribution in [0.15, 0.2) is 47.4 Å². The van der Waals surface area contributed by atoms with Gasteiger partial charge in [0.15, 0.2) is 0 Å². The zero-order valence-electron chi connectivity index (χ0n) is 14.9. The summed E-state index contributed by atoms with van der Waals surface area (Å²) in [5.41, 5.74) is 0.905. The Morgan fingerprint density at radius 2 is 2.07 bits per heavy atom. The standard InChI is InChI=1S/C19H21FN2O4S/c1-13-7-8-17(11-18(13)20)27(24,25)22-15-5-2-4-14(10-15)19(23)21-12-16-6-3-9-26-16/h2,4-5,7-8,10-11,16,22H,3,6,9,12H2,1H3,(H,21,23)/t16-/m1/s1. The van der Waals surface area contributed by atoms with Gasteiger partial charge in [-0.15, -0.1) is 0 Å². The average molecular weight is 392 g/mol. The lowest BCUT2D eigenvalue weighted by molar-refractivity contribution is 0.0858. The van der Waals surface area contributed by atoms with Crippen molar-refractivity contribution < 1.29 is 22.3 Å². The summed E-state index contributed by atoms with van der Waals surface area (Å²) >= 11 is 0. The Morgan fingerprint density at radius 3 is 2.78 bits per heavy atom. The molecule has 2 aromatic rings. The van der Waals surface area contributed by atoms with Crippen molar-refractivity contribution in [2.45, 2.75) is 30.8 Å². The number of amides is 1. The Bertz CT molecular complexity index is 940. The molecule has 1 aliphatic rings. The molecule has 1 heterocycles. The lowest BCUT2D eigenvalue weighted by Gasteiger charge is -2.12. The van der Waals surface area contributed by atoms with Crippen LogP contribution in [-0.4, -0.2) is 33.6 Å². The van der Waals surface area contributed by atoms with Crippen LogP contribution in [0.1, 0.15) is 28.8 Å². The number of hydrogen-bond donors (Lipinski definition) is 2. The van der Waals surface area contributed by atoms with E-state index >= 15 is 0 Å². The highest BCUT2D eigenvalue weighted by molar-refractivity contribution is 7.92. The van der Waals surface area contributed by atoms with Crippen LogP contribution >= 0.6 is 0 Å². The first-order valence-electron chi connectivity index (χ1n) is 8.64. The third-order valence-corrected chi connectivity index (χ3v) is 5.72. The molecule has 6 nitrogen and oxygen atoms in total. The van der Waals surface area contributed by atoms with E-state index in [0.717, 1.165) is 18.9 Å². The smallest absolute Gasteiger partial charge is 0.261 e. The molecule has 2 N–H and O–H groups in total. The van der Waals surface area contributed by atoms with E-state index in [1.54, 1.807) is 19.1 Å². The molecule has 27 heavy (non-hydrogen) atoms. The van der Waals surface area contributed by atoms with Gasteiger partial charge >= 0.3 is 0 Å². The van der Waals surface area contributed by atoms with E-state index in [2.05, 4.69) is 10.0 Å². The van der Waals surface area contributed by atoms with E-state index < -0.39 is 15.8 Å². The van der Waals surface area contributed by atoms with Crippen molar-refractivity contribution >= 4 is 21.6 Å². The molecule has 1 aliphatic heterocycles. The highest BCUT2D eigenvalue weighted by Crippen LogP contribution is 2.19. The van der Waals surface area contributed by atoms with Gasteiger partial charge in [-0.3, -0.25) is 9.52 Å². The first kappa shape index (κ1) is 19.3. The highest BCUT2D eigenvalue weighted by Gasteiger charge is 2.18. The molecule has 0 spiro atoms. The number of carbonyl (C=O) groups excluding carboxylic acids is 1. The van der Waals surface area contributed by atoms with Crippen molar-refractivity contribution in [3.63, 3.8) is 0 Å². The molecule has 8 heteroatoms. The van der Waals surface area contributed by atoms with Gasteiger partial charge in [0.2, 0.25) is 0 Å². The molecule has 1 saturated heterocycles. The second-order valence-corrected chi connectivity index (χ2v) is 8.12. The monoisotopic (exact) mass is 392 g/mol. The van der Waals surface area contributed by atoms with Gasteiger partial charge in [-0.2, -0.15) is 0 Å². The summed E-state index contributed by atoms with van der Waals surface area (Å²) in [6.07, 6.45) is 1.91. The second-order valence-electron chi connectivity index (χ2n) is 6.44. The van der Waals surface area contributed by atoms with Crippen molar-refractivity contribution in [3.05, 3.63) is 59.4 Å². The maximum Gasteiger partial charge on any atom is 0.261 e. The van der Waals surface area contributed by atoms with E-state index in [1.165, 1.54) is 24.3 Å². The van der Waals surface area contributed by atoms with Gasteiger partial charge in [-0.1, -0.05) is 12.1 Å². The summed E-state index contributed by atoms with van der Waals surface area (Å²) in [4.78, 5) is 12.1. The summed E-state index contributed by atoms with van der Waals surface area (Å²) < 4.78 is 46.4. The van der Waals surface area contributed by atoms with E-state index in [1.807, 2.05) is 0 Å². The minimum Gasteiger partial charge on any atom is -0.376 e. The minimum atomic E-state index is -3.96. The summed E-state index contributed by atoms with van der Waals surface area (Å²) in [5.74, 6) is -0.909. The number of halogens is 1. The topological polar surface area (TPSA) is 84.5 Å². The summed E-state index contributed by atoms with van der Waals surface area (Å²) in [6.45, 7) is 2.67. The van der Waals surface area contributed by atoms with E-state index in [9.17, 15) is 17.6 Å².